The zero-order valence-corrected chi connectivity index (χ0v) is 12.1. The Labute approximate surface area is 107 Å². The van der Waals surface area contributed by atoms with Gasteiger partial charge in [0.05, 0.1) is 0 Å². The zero-order valence-electron chi connectivity index (χ0n) is 7.78. The lowest BCUT2D eigenvalue weighted by Crippen LogP contribution is -2.40. The molecule has 0 N–H and O–H groups in total. The second kappa shape index (κ2) is 3.32. The maximum absolute atomic E-state index is 12.0. The number of Topliss-reactive ketones (excluding diaryl/α,β-unsaturated/α-hetero) is 1. The quantitative estimate of drug-likeness (QED) is 0.511. The van der Waals surface area contributed by atoms with E-state index in [4.69, 9.17) is 0 Å². The number of halogens is 2. The third-order valence-electron chi connectivity index (χ3n) is 4.39. The normalized spacial score (nSPS) is 48.8. The fourth-order valence-corrected chi connectivity index (χ4v) is 6.18. The Hall–Kier alpha value is 1.13. The van der Waals surface area contributed by atoms with Gasteiger partial charge in [0.1, 0.15) is 5.78 Å². The second-order valence-electron chi connectivity index (χ2n) is 4.63. The minimum Gasteiger partial charge on any atom is -0.299 e. The first-order valence-corrected chi connectivity index (χ1v) is 7.81. The number of hydrogen-bond acceptors (Lipinski definition) is 1. The van der Waals surface area contributed by atoms with E-state index in [2.05, 4.69) is 52.1 Å². The van der Waals surface area contributed by atoms with Crippen molar-refractivity contribution < 1.29 is 4.79 Å². The van der Waals surface area contributed by atoms with E-state index in [-0.39, 0.29) is 5.41 Å². The van der Waals surface area contributed by atoms with E-state index < -0.39 is 0 Å². The number of hydrogen-bond donors (Lipinski definition) is 0. The average Bonchev–Trinajstić information content (AvgIpc) is 2.53. The van der Waals surface area contributed by atoms with Crippen LogP contribution in [0.3, 0.4) is 0 Å². The molecule has 2 fully saturated rings. The molecule has 2 aliphatic carbocycles. The Morgan fingerprint density at radius 1 is 1.46 bits per heavy atom. The molecule has 3 atom stereocenters. The van der Waals surface area contributed by atoms with Gasteiger partial charge in [-0.05, 0) is 24.2 Å². The van der Waals surface area contributed by atoms with Crippen molar-refractivity contribution in [2.45, 2.75) is 26.2 Å². The first-order valence-electron chi connectivity index (χ1n) is 4.76. The van der Waals surface area contributed by atoms with Gasteiger partial charge in [-0.1, -0.05) is 52.1 Å². The van der Waals surface area contributed by atoms with Gasteiger partial charge in [-0.15, -0.1) is 0 Å². The van der Waals surface area contributed by atoms with Crippen LogP contribution < -0.4 is 0 Å². The third kappa shape index (κ3) is 1.12. The van der Waals surface area contributed by atoms with E-state index in [0.29, 0.717) is 17.1 Å². The number of carbonyl (C=O) groups is 1. The maximum Gasteiger partial charge on any atom is 0.140 e. The highest BCUT2D eigenvalue weighted by Gasteiger charge is 2.65. The monoisotopic (exact) mass is 404 g/mol. The average molecular weight is 404 g/mol. The summed E-state index contributed by atoms with van der Waals surface area (Å²) in [4.78, 5) is 12.0. The van der Waals surface area contributed by atoms with Crippen LogP contribution in [0.4, 0.5) is 0 Å². The molecule has 0 saturated heterocycles. The molecule has 2 bridgehead atoms. The Bertz CT molecular complexity index is 253. The molecular formula is C10H14I2O. The number of alkyl halides is 2. The van der Waals surface area contributed by atoms with Crippen LogP contribution in [0.15, 0.2) is 0 Å². The van der Waals surface area contributed by atoms with E-state index in [9.17, 15) is 4.79 Å². The molecule has 74 valence electrons. The Morgan fingerprint density at radius 3 is 2.54 bits per heavy atom. The van der Waals surface area contributed by atoms with Crippen LogP contribution in [0.1, 0.15) is 26.2 Å². The van der Waals surface area contributed by atoms with Gasteiger partial charge in [0.2, 0.25) is 0 Å². The van der Waals surface area contributed by atoms with Gasteiger partial charge in [-0.2, -0.15) is 0 Å². The molecule has 3 heteroatoms. The Balaban J connectivity index is 2.45. The van der Waals surface area contributed by atoms with Crippen LogP contribution in [-0.4, -0.2) is 14.6 Å². The van der Waals surface area contributed by atoms with Crippen molar-refractivity contribution in [3.05, 3.63) is 0 Å². The predicted octanol–water partition coefficient (Wildman–Crippen LogP) is 3.23. The highest BCUT2D eigenvalue weighted by Crippen LogP contribution is 2.65. The standard InChI is InChI=1S/C10H14I2O/c1-9(5-11)7-2-3-10(9,6-12)8(13)4-7/h7H,2-6H2,1H3/t7-,9-,10-/m0/s1. The van der Waals surface area contributed by atoms with Crippen LogP contribution in [0.2, 0.25) is 0 Å². The molecule has 0 aromatic rings. The van der Waals surface area contributed by atoms with Gasteiger partial charge in [0.25, 0.3) is 0 Å². The molecule has 0 unspecified atom stereocenters. The molecule has 2 aliphatic rings. The van der Waals surface area contributed by atoms with Crippen molar-refractivity contribution in [2.24, 2.45) is 16.7 Å². The van der Waals surface area contributed by atoms with Gasteiger partial charge < -0.3 is 0 Å². The van der Waals surface area contributed by atoms with Gasteiger partial charge in [-0.25, -0.2) is 0 Å². The summed E-state index contributed by atoms with van der Waals surface area (Å²) >= 11 is 4.87. The molecule has 1 nitrogen and oxygen atoms in total. The summed E-state index contributed by atoms with van der Waals surface area (Å²) in [6.07, 6.45) is 3.30. The summed E-state index contributed by atoms with van der Waals surface area (Å²) in [5.74, 6) is 1.24. The molecule has 2 rings (SSSR count). The van der Waals surface area contributed by atoms with E-state index >= 15 is 0 Å². The summed E-state index contributed by atoms with van der Waals surface area (Å²) in [5.41, 5.74) is 0.366. The fourth-order valence-electron chi connectivity index (χ4n) is 3.15. The van der Waals surface area contributed by atoms with Gasteiger partial charge in [0, 0.05) is 20.7 Å². The molecule has 0 aromatic carbocycles. The minimum absolute atomic E-state index is 0.0550. The number of rotatable bonds is 2. The first kappa shape index (κ1) is 10.6. The minimum atomic E-state index is 0.0550. The Morgan fingerprint density at radius 2 is 2.15 bits per heavy atom. The van der Waals surface area contributed by atoms with Crippen molar-refractivity contribution in [1.82, 2.24) is 0 Å². The summed E-state index contributed by atoms with van der Waals surface area (Å²) in [6, 6.07) is 0. The van der Waals surface area contributed by atoms with Gasteiger partial charge in [-0.3, -0.25) is 4.79 Å². The van der Waals surface area contributed by atoms with Crippen molar-refractivity contribution in [2.75, 3.05) is 8.86 Å². The third-order valence-corrected chi connectivity index (χ3v) is 7.27. The van der Waals surface area contributed by atoms with Crippen molar-refractivity contribution in [3.8, 4) is 0 Å². The second-order valence-corrected chi connectivity index (χ2v) is 6.16. The van der Waals surface area contributed by atoms with Gasteiger partial charge in [0.15, 0.2) is 0 Å². The number of carbonyl (C=O) groups excluding carboxylic acids is 1. The highest BCUT2D eigenvalue weighted by molar-refractivity contribution is 14.1. The van der Waals surface area contributed by atoms with Crippen LogP contribution >= 0.6 is 45.2 Å². The summed E-state index contributed by atoms with van der Waals surface area (Å²) < 4.78 is 2.17. The molecule has 2 saturated carbocycles. The van der Waals surface area contributed by atoms with E-state index in [0.717, 1.165) is 21.7 Å². The summed E-state index contributed by atoms with van der Waals surface area (Å²) in [7, 11) is 0. The number of ketones is 1. The summed E-state index contributed by atoms with van der Waals surface area (Å²) in [6.45, 7) is 2.33. The fraction of sp³-hybridized carbons (Fsp3) is 0.900. The Kier molecular flexibility index (Phi) is 2.72. The molecule has 0 amide bonds. The van der Waals surface area contributed by atoms with E-state index in [1.807, 2.05) is 0 Å². The summed E-state index contributed by atoms with van der Waals surface area (Å²) in [5, 5.41) is 0. The smallest absolute Gasteiger partial charge is 0.140 e. The van der Waals surface area contributed by atoms with Crippen LogP contribution in [-0.2, 0) is 4.79 Å². The highest BCUT2D eigenvalue weighted by atomic mass is 127. The van der Waals surface area contributed by atoms with E-state index in [1.165, 1.54) is 6.42 Å². The largest absolute Gasteiger partial charge is 0.299 e. The molecule has 13 heavy (non-hydrogen) atoms. The lowest BCUT2D eigenvalue weighted by atomic mass is 9.70. The van der Waals surface area contributed by atoms with Gasteiger partial charge >= 0.3 is 0 Å². The van der Waals surface area contributed by atoms with Crippen molar-refractivity contribution >= 4 is 51.0 Å². The zero-order chi connectivity index (χ0) is 9.69. The lowest BCUT2D eigenvalue weighted by molar-refractivity contribution is -0.127. The molecular weight excluding hydrogens is 390 g/mol. The van der Waals surface area contributed by atoms with Crippen molar-refractivity contribution in [3.63, 3.8) is 0 Å². The maximum atomic E-state index is 12.0. The molecule has 0 aromatic heterocycles. The van der Waals surface area contributed by atoms with Crippen LogP contribution in [0.5, 0.6) is 0 Å². The van der Waals surface area contributed by atoms with Crippen LogP contribution in [0.25, 0.3) is 0 Å². The SMILES string of the molecule is C[C@]1(CI)[C@H]2CC[C@]1(CI)C(=O)C2. The molecule has 0 radical (unpaired) electrons. The topological polar surface area (TPSA) is 17.1 Å². The molecule has 0 heterocycles. The van der Waals surface area contributed by atoms with Crippen molar-refractivity contribution in [1.29, 1.82) is 0 Å². The van der Waals surface area contributed by atoms with E-state index in [1.54, 1.807) is 0 Å². The lowest BCUT2D eigenvalue weighted by Gasteiger charge is -2.36. The first-order chi connectivity index (χ1) is 6.10. The molecule has 0 spiro atoms. The predicted molar refractivity (Wildman–Crippen MR) is 70.7 cm³/mol. The molecule has 0 aliphatic heterocycles. The number of fused-ring (bicyclic) bond motifs is 2. The van der Waals surface area contributed by atoms with Crippen LogP contribution in [0, 0.1) is 16.7 Å².